The average molecular weight is 333 g/mol. The maximum absolute atomic E-state index is 5.43. The van der Waals surface area contributed by atoms with Crippen LogP contribution in [0.15, 0.2) is 36.4 Å². The molecule has 1 atom stereocenters. The topological polar surface area (TPSA) is 18.5 Å². The number of hydrogen-bond acceptors (Lipinski definition) is 2. The smallest absolute Gasteiger partial charge is 0.231 e. The monoisotopic (exact) mass is 332 g/mol. The Morgan fingerprint density at radius 3 is 2.60 bits per heavy atom. The predicted molar refractivity (Wildman–Crippen MR) is 83.9 cm³/mol. The van der Waals surface area contributed by atoms with Crippen molar-refractivity contribution in [3.63, 3.8) is 0 Å². The third-order valence-corrected chi connectivity index (χ3v) is 4.60. The van der Waals surface area contributed by atoms with Gasteiger partial charge in [-0.25, -0.2) is 0 Å². The van der Waals surface area contributed by atoms with E-state index < -0.39 is 0 Å². The van der Waals surface area contributed by atoms with Crippen molar-refractivity contribution in [2.24, 2.45) is 0 Å². The van der Waals surface area contributed by atoms with E-state index in [0.717, 1.165) is 17.9 Å². The first-order valence-electron chi connectivity index (χ1n) is 6.73. The van der Waals surface area contributed by atoms with Crippen molar-refractivity contribution < 1.29 is 9.47 Å². The van der Waals surface area contributed by atoms with Crippen molar-refractivity contribution in [2.45, 2.75) is 25.1 Å². The number of hydrogen-bond donors (Lipinski definition) is 0. The summed E-state index contributed by atoms with van der Waals surface area (Å²) in [6.45, 7) is 4.62. The Labute approximate surface area is 127 Å². The minimum absolute atomic E-state index is 0.277. The highest BCUT2D eigenvalue weighted by molar-refractivity contribution is 9.09. The lowest BCUT2D eigenvalue weighted by Gasteiger charge is -2.12. The van der Waals surface area contributed by atoms with Gasteiger partial charge in [-0.1, -0.05) is 40.2 Å². The van der Waals surface area contributed by atoms with Crippen molar-refractivity contribution in [2.75, 3.05) is 6.79 Å². The number of halogens is 1. The fraction of sp³-hybridized carbons (Fsp3) is 0.294. The summed E-state index contributed by atoms with van der Waals surface area (Å²) in [5, 5.41) is 0. The Balaban J connectivity index is 1.78. The van der Waals surface area contributed by atoms with E-state index in [1.165, 1.54) is 22.3 Å². The number of benzene rings is 2. The number of rotatable bonds is 3. The number of ether oxygens (including phenoxy) is 2. The SMILES string of the molecule is Cc1ccc(CC(Br)c2ccc3c(c2)OCO3)cc1C. The van der Waals surface area contributed by atoms with Gasteiger partial charge in [0, 0.05) is 4.83 Å². The Kier molecular flexibility index (Phi) is 3.70. The van der Waals surface area contributed by atoms with Crippen LogP contribution in [0.3, 0.4) is 0 Å². The molecule has 0 saturated heterocycles. The van der Waals surface area contributed by atoms with E-state index in [2.05, 4.69) is 60.1 Å². The first kappa shape index (κ1) is 13.5. The van der Waals surface area contributed by atoms with Crippen molar-refractivity contribution >= 4 is 15.9 Å². The molecule has 3 rings (SSSR count). The summed E-state index contributed by atoms with van der Waals surface area (Å²) < 4.78 is 10.8. The van der Waals surface area contributed by atoms with Crippen LogP contribution in [0.2, 0.25) is 0 Å². The summed E-state index contributed by atoms with van der Waals surface area (Å²) in [4.78, 5) is 0.277. The molecule has 0 spiro atoms. The van der Waals surface area contributed by atoms with E-state index in [1.54, 1.807) is 0 Å². The highest BCUT2D eigenvalue weighted by atomic mass is 79.9. The Morgan fingerprint density at radius 2 is 1.80 bits per heavy atom. The van der Waals surface area contributed by atoms with E-state index in [-0.39, 0.29) is 4.83 Å². The molecular weight excluding hydrogens is 316 g/mol. The molecule has 2 aromatic carbocycles. The van der Waals surface area contributed by atoms with Crippen LogP contribution in [0.5, 0.6) is 11.5 Å². The molecule has 0 amide bonds. The molecule has 0 radical (unpaired) electrons. The summed E-state index contributed by atoms with van der Waals surface area (Å²) >= 11 is 3.78. The fourth-order valence-electron chi connectivity index (χ4n) is 2.36. The Hall–Kier alpha value is -1.48. The lowest BCUT2D eigenvalue weighted by atomic mass is 10.0. The highest BCUT2D eigenvalue weighted by Gasteiger charge is 2.16. The summed E-state index contributed by atoms with van der Waals surface area (Å²) in [6, 6.07) is 12.8. The molecular formula is C17H17BrO2. The van der Waals surface area contributed by atoms with Crippen LogP contribution in [-0.4, -0.2) is 6.79 Å². The lowest BCUT2D eigenvalue weighted by Crippen LogP contribution is -1.97. The zero-order chi connectivity index (χ0) is 14.1. The Bertz CT molecular complexity index is 637. The predicted octanol–water partition coefficient (Wildman–Crippen LogP) is 4.71. The number of fused-ring (bicyclic) bond motifs is 1. The zero-order valence-electron chi connectivity index (χ0n) is 11.7. The zero-order valence-corrected chi connectivity index (χ0v) is 13.2. The molecule has 2 aromatic rings. The molecule has 0 bridgehead atoms. The molecule has 0 aliphatic carbocycles. The summed E-state index contributed by atoms with van der Waals surface area (Å²) in [5.74, 6) is 1.67. The molecule has 0 saturated carbocycles. The largest absolute Gasteiger partial charge is 0.454 e. The molecule has 104 valence electrons. The van der Waals surface area contributed by atoms with Gasteiger partial charge in [-0.3, -0.25) is 0 Å². The minimum Gasteiger partial charge on any atom is -0.454 e. The van der Waals surface area contributed by atoms with Gasteiger partial charge in [-0.15, -0.1) is 0 Å². The molecule has 3 heteroatoms. The van der Waals surface area contributed by atoms with Gasteiger partial charge in [-0.2, -0.15) is 0 Å². The average Bonchev–Trinajstić information content (AvgIpc) is 2.90. The van der Waals surface area contributed by atoms with E-state index in [4.69, 9.17) is 9.47 Å². The molecule has 1 aliphatic heterocycles. The van der Waals surface area contributed by atoms with Crippen molar-refractivity contribution in [1.82, 2.24) is 0 Å². The second-order valence-corrected chi connectivity index (χ2v) is 6.31. The standard InChI is InChI=1S/C17H17BrO2/c1-11-3-4-13(7-12(11)2)8-15(18)14-5-6-16-17(9-14)20-10-19-16/h3-7,9,15H,8,10H2,1-2H3. The molecule has 1 aliphatic rings. The van der Waals surface area contributed by atoms with Gasteiger partial charge in [0.05, 0.1) is 0 Å². The summed E-state index contributed by atoms with van der Waals surface area (Å²) in [6.07, 6.45) is 0.959. The molecule has 0 fully saturated rings. The first-order valence-corrected chi connectivity index (χ1v) is 7.65. The molecule has 20 heavy (non-hydrogen) atoms. The lowest BCUT2D eigenvalue weighted by molar-refractivity contribution is 0.174. The van der Waals surface area contributed by atoms with E-state index in [1.807, 2.05) is 6.07 Å². The van der Waals surface area contributed by atoms with Gasteiger partial charge in [0.15, 0.2) is 11.5 Å². The van der Waals surface area contributed by atoms with Gasteiger partial charge in [0.25, 0.3) is 0 Å². The van der Waals surface area contributed by atoms with Crippen LogP contribution in [0, 0.1) is 13.8 Å². The van der Waals surface area contributed by atoms with Gasteiger partial charge in [0.1, 0.15) is 0 Å². The molecule has 0 N–H and O–H groups in total. The van der Waals surface area contributed by atoms with Crippen LogP contribution in [-0.2, 0) is 6.42 Å². The van der Waals surface area contributed by atoms with E-state index in [9.17, 15) is 0 Å². The van der Waals surface area contributed by atoms with E-state index >= 15 is 0 Å². The second-order valence-electron chi connectivity index (χ2n) is 5.20. The summed E-state index contributed by atoms with van der Waals surface area (Å²) in [7, 11) is 0. The second kappa shape index (κ2) is 5.49. The van der Waals surface area contributed by atoms with Crippen molar-refractivity contribution in [3.8, 4) is 11.5 Å². The normalized spacial score (nSPS) is 14.3. The van der Waals surface area contributed by atoms with Crippen LogP contribution in [0.1, 0.15) is 27.1 Å². The number of alkyl halides is 1. The van der Waals surface area contributed by atoms with Crippen LogP contribution in [0.4, 0.5) is 0 Å². The Morgan fingerprint density at radius 1 is 1.00 bits per heavy atom. The maximum atomic E-state index is 5.43. The molecule has 1 unspecified atom stereocenters. The third-order valence-electron chi connectivity index (χ3n) is 3.74. The van der Waals surface area contributed by atoms with Crippen molar-refractivity contribution in [1.29, 1.82) is 0 Å². The molecule has 2 nitrogen and oxygen atoms in total. The fourth-order valence-corrected chi connectivity index (χ4v) is 3.02. The minimum atomic E-state index is 0.277. The highest BCUT2D eigenvalue weighted by Crippen LogP contribution is 2.37. The third kappa shape index (κ3) is 2.68. The first-order chi connectivity index (χ1) is 9.63. The van der Waals surface area contributed by atoms with E-state index in [0.29, 0.717) is 6.79 Å². The van der Waals surface area contributed by atoms with Crippen LogP contribution >= 0.6 is 15.9 Å². The van der Waals surface area contributed by atoms with Crippen molar-refractivity contribution in [3.05, 3.63) is 58.7 Å². The maximum Gasteiger partial charge on any atom is 0.231 e. The molecule has 0 aromatic heterocycles. The quantitative estimate of drug-likeness (QED) is 0.758. The van der Waals surface area contributed by atoms with Gasteiger partial charge < -0.3 is 9.47 Å². The number of aryl methyl sites for hydroxylation is 2. The summed E-state index contributed by atoms with van der Waals surface area (Å²) in [5.41, 5.74) is 5.23. The van der Waals surface area contributed by atoms with Gasteiger partial charge >= 0.3 is 0 Å². The van der Waals surface area contributed by atoms with Gasteiger partial charge in [0.2, 0.25) is 6.79 Å². The molecule has 1 heterocycles. The van der Waals surface area contributed by atoms with Gasteiger partial charge in [-0.05, 0) is 54.7 Å². The van der Waals surface area contributed by atoms with Crippen LogP contribution < -0.4 is 9.47 Å². The van der Waals surface area contributed by atoms with Crippen LogP contribution in [0.25, 0.3) is 0 Å².